The zero-order chi connectivity index (χ0) is 26.0. The molecule has 2 saturated carbocycles. The molecule has 3 aromatic carbocycles. The quantitative estimate of drug-likeness (QED) is 0.337. The van der Waals surface area contributed by atoms with Crippen molar-refractivity contribution in [2.45, 2.75) is 61.8 Å². The lowest BCUT2D eigenvalue weighted by Crippen LogP contribution is -2.28. The molecule has 0 bridgehead atoms. The van der Waals surface area contributed by atoms with Crippen LogP contribution in [0, 0.1) is 11.3 Å². The first-order valence-corrected chi connectivity index (χ1v) is 14.4. The van der Waals surface area contributed by atoms with Crippen LogP contribution in [0.15, 0.2) is 71.6 Å². The second kappa shape index (κ2) is 10.4. The van der Waals surface area contributed by atoms with Crippen molar-refractivity contribution in [2.24, 2.45) is 0 Å². The molecule has 190 valence electrons. The van der Waals surface area contributed by atoms with Gasteiger partial charge in [0.25, 0.3) is 5.91 Å². The minimum absolute atomic E-state index is 0.0120. The van der Waals surface area contributed by atoms with Crippen LogP contribution in [-0.2, 0) is 9.84 Å². The van der Waals surface area contributed by atoms with Crippen LogP contribution in [0.25, 0.3) is 0 Å². The minimum Gasteiger partial charge on any atom is -0.457 e. The zero-order valence-electron chi connectivity index (χ0n) is 20.8. The van der Waals surface area contributed by atoms with Gasteiger partial charge in [0, 0.05) is 5.56 Å². The smallest absolute Gasteiger partial charge is 0.251 e. The number of nitriles is 1. The van der Waals surface area contributed by atoms with Crippen molar-refractivity contribution in [1.82, 2.24) is 5.32 Å². The molecule has 0 aromatic heterocycles. The van der Waals surface area contributed by atoms with E-state index < -0.39 is 15.9 Å². The molecular formula is C30H30N2O4S. The molecule has 1 N–H and O–H groups in total. The van der Waals surface area contributed by atoms with E-state index in [-0.39, 0.29) is 23.0 Å². The first-order chi connectivity index (χ1) is 17.9. The van der Waals surface area contributed by atoms with Gasteiger partial charge in [-0.25, -0.2) is 8.42 Å². The fraction of sp³-hybridized carbons (Fsp3) is 0.333. The number of nitrogens with zero attached hydrogens (tertiary/aromatic N) is 1. The van der Waals surface area contributed by atoms with Crippen LogP contribution < -0.4 is 10.1 Å². The van der Waals surface area contributed by atoms with E-state index in [4.69, 9.17) is 4.74 Å². The van der Waals surface area contributed by atoms with Gasteiger partial charge in [0.05, 0.1) is 29.2 Å². The standard InChI is InChI=1S/C30H30N2O4S/c1-2-37(34,35)28-13-9-22(10-14-28)29(15-16-31)32-30(33)23-7-11-26(12-8-23)36-27-18-24(20-3-4-20)17-25(19-27)21-5-6-21/h7-14,17-21,29H,2-6,15H2,1H3,(H,32,33)/t29-/m0/s1. The Labute approximate surface area is 218 Å². The number of carbonyl (C=O) groups is 1. The Bertz CT molecular complexity index is 1400. The topological polar surface area (TPSA) is 96.3 Å². The Morgan fingerprint density at radius 1 is 0.946 bits per heavy atom. The lowest BCUT2D eigenvalue weighted by Gasteiger charge is -2.17. The van der Waals surface area contributed by atoms with Crippen LogP contribution in [-0.4, -0.2) is 20.1 Å². The van der Waals surface area contributed by atoms with Gasteiger partial charge in [-0.2, -0.15) is 5.26 Å². The summed E-state index contributed by atoms with van der Waals surface area (Å²) < 4.78 is 30.3. The molecule has 0 spiro atoms. The first kappa shape index (κ1) is 25.0. The monoisotopic (exact) mass is 514 g/mol. The Balaban J connectivity index is 1.27. The summed E-state index contributed by atoms with van der Waals surface area (Å²) >= 11 is 0. The average Bonchev–Trinajstić information content (AvgIpc) is 3.82. The molecule has 1 atom stereocenters. The molecule has 0 unspecified atom stereocenters. The van der Waals surface area contributed by atoms with Crippen molar-refractivity contribution in [1.29, 1.82) is 5.26 Å². The van der Waals surface area contributed by atoms with Crippen LogP contribution in [0.5, 0.6) is 11.5 Å². The number of nitrogens with one attached hydrogen (secondary N) is 1. The van der Waals surface area contributed by atoms with Crippen molar-refractivity contribution >= 4 is 15.7 Å². The highest BCUT2D eigenvalue weighted by atomic mass is 32.2. The van der Waals surface area contributed by atoms with Crippen LogP contribution in [0.4, 0.5) is 0 Å². The molecule has 6 nitrogen and oxygen atoms in total. The van der Waals surface area contributed by atoms with E-state index in [0.717, 1.165) is 5.75 Å². The summed E-state index contributed by atoms with van der Waals surface area (Å²) in [6.45, 7) is 1.59. The highest BCUT2D eigenvalue weighted by Gasteiger charge is 2.29. The molecule has 0 radical (unpaired) electrons. The van der Waals surface area contributed by atoms with Crippen molar-refractivity contribution in [2.75, 3.05) is 5.75 Å². The van der Waals surface area contributed by atoms with Gasteiger partial charge in [0.15, 0.2) is 9.84 Å². The van der Waals surface area contributed by atoms with E-state index in [9.17, 15) is 18.5 Å². The molecule has 7 heteroatoms. The van der Waals surface area contributed by atoms with E-state index in [2.05, 4.69) is 29.6 Å². The van der Waals surface area contributed by atoms with Crippen LogP contribution in [0.2, 0.25) is 0 Å². The largest absolute Gasteiger partial charge is 0.457 e. The fourth-order valence-corrected chi connectivity index (χ4v) is 5.36. The summed E-state index contributed by atoms with van der Waals surface area (Å²) in [5.74, 6) is 2.50. The lowest BCUT2D eigenvalue weighted by molar-refractivity contribution is 0.0937. The predicted molar refractivity (Wildman–Crippen MR) is 142 cm³/mol. The Hall–Kier alpha value is -3.63. The second-order valence-electron chi connectivity index (χ2n) is 9.87. The van der Waals surface area contributed by atoms with Crippen molar-refractivity contribution in [3.05, 3.63) is 89.0 Å². The van der Waals surface area contributed by atoms with Gasteiger partial charge in [-0.3, -0.25) is 4.79 Å². The molecule has 2 fully saturated rings. The number of carbonyl (C=O) groups excluding carboxylic acids is 1. The molecule has 5 rings (SSSR count). The van der Waals surface area contributed by atoms with Gasteiger partial charge >= 0.3 is 0 Å². The number of benzene rings is 3. The normalized spacial score (nSPS) is 16.0. The highest BCUT2D eigenvalue weighted by Crippen LogP contribution is 2.46. The molecule has 0 aliphatic heterocycles. The van der Waals surface area contributed by atoms with Gasteiger partial charge in [0.2, 0.25) is 0 Å². The number of sulfone groups is 1. The Kier molecular flexibility index (Phi) is 7.03. The predicted octanol–water partition coefficient (Wildman–Crippen LogP) is 6.41. The van der Waals surface area contributed by atoms with E-state index in [0.29, 0.717) is 28.7 Å². The van der Waals surface area contributed by atoms with Crippen LogP contribution >= 0.6 is 0 Å². The van der Waals surface area contributed by atoms with Crippen LogP contribution in [0.1, 0.15) is 84.0 Å². The maximum atomic E-state index is 12.9. The van der Waals surface area contributed by atoms with Gasteiger partial charge in [-0.15, -0.1) is 0 Å². The average molecular weight is 515 g/mol. The van der Waals surface area contributed by atoms with Crippen molar-refractivity contribution in [3.8, 4) is 17.6 Å². The SMILES string of the molecule is CCS(=O)(=O)c1ccc([C@H](CC#N)NC(=O)c2ccc(Oc3cc(C4CC4)cc(C4CC4)c3)cc2)cc1. The van der Waals surface area contributed by atoms with Gasteiger partial charge < -0.3 is 10.1 Å². The third-order valence-corrected chi connectivity index (χ3v) is 8.77. The summed E-state index contributed by atoms with van der Waals surface area (Å²) in [6, 6.07) is 21.4. The van der Waals surface area contributed by atoms with E-state index in [1.165, 1.54) is 48.9 Å². The number of amides is 1. The molecule has 2 aliphatic carbocycles. The van der Waals surface area contributed by atoms with Gasteiger partial charge in [0.1, 0.15) is 11.5 Å². The molecular weight excluding hydrogens is 484 g/mol. The number of hydrogen-bond acceptors (Lipinski definition) is 5. The third-order valence-electron chi connectivity index (χ3n) is 7.02. The van der Waals surface area contributed by atoms with E-state index >= 15 is 0 Å². The summed E-state index contributed by atoms with van der Waals surface area (Å²) in [4.78, 5) is 13.2. The molecule has 1 amide bonds. The Morgan fingerprint density at radius 3 is 2.05 bits per heavy atom. The molecule has 3 aromatic rings. The Morgan fingerprint density at radius 2 is 1.54 bits per heavy atom. The first-order valence-electron chi connectivity index (χ1n) is 12.8. The second-order valence-corrected chi connectivity index (χ2v) is 12.1. The number of ether oxygens (including phenoxy) is 1. The summed E-state index contributed by atoms with van der Waals surface area (Å²) in [6.07, 6.45) is 5.03. The maximum absolute atomic E-state index is 12.9. The minimum atomic E-state index is -3.32. The fourth-order valence-electron chi connectivity index (χ4n) is 4.48. The lowest BCUT2D eigenvalue weighted by atomic mass is 10.0. The number of rotatable bonds is 10. The third kappa shape index (κ3) is 6.03. The summed E-state index contributed by atoms with van der Waals surface area (Å²) in [5.41, 5.74) is 3.84. The molecule has 0 heterocycles. The van der Waals surface area contributed by atoms with Gasteiger partial charge in [-0.05, 0) is 103 Å². The number of hydrogen-bond donors (Lipinski definition) is 1. The van der Waals surface area contributed by atoms with Crippen molar-refractivity contribution in [3.63, 3.8) is 0 Å². The zero-order valence-corrected chi connectivity index (χ0v) is 21.6. The molecule has 2 aliphatic rings. The summed E-state index contributed by atoms with van der Waals surface area (Å²) in [7, 11) is -3.32. The van der Waals surface area contributed by atoms with Gasteiger partial charge in [-0.1, -0.05) is 25.1 Å². The highest BCUT2D eigenvalue weighted by molar-refractivity contribution is 7.91. The van der Waals surface area contributed by atoms with E-state index in [1.54, 1.807) is 43.3 Å². The van der Waals surface area contributed by atoms with E-state index in [1.807, 2.05) is 0 Å². The molecule has 0 saturated heterocycles. The summed E-state index contributed by atoms with van der Waals surface area (Å²) in [5, 5.41) is 12.2. The maximum Gasteiger partial charge on any atom is 0.251 e. The molecule has 37 heavy (non-hydrogen) atoms. The van der Waals surface area contributed by atoms with Crippen LogP contribution in [0.3, 0.4) is 0 Å². The van der Waals surface area contributed by atoms with Crippen molar-refractivity contribution < 1.29 is 17.9 Å².